The quantitative estimate of drug-likeness (QED) is 0.620. The van der Waals surface area contributed by atoms with E-state index in [2.05, 4.69) is 22.6 Å². The lowest BCUT2D eigenvalue weighted by Gasteiger charge is -2.06. The molecule has 0 saturated carbocycles. The number of hydrogen-bond donors (Lipinski definition) is 1. The molecule has 0 bridgehead atoms. The molecule has 1 heterocycles. The van der Waals surface area contributed by atoms with E-state index in [1.54, 1.807) is 18.0 Å². The number of carbonyl (C=O) groups excluding carboxylic acids is 1. The number of thioether (sulfide) groups is 1. The highest BCUT2D eigenvalue weighted by molar-refractivity contribution is 7.98. The van der Waals surface area contributed by atoms with Crippen molar-refractivity contribution in [1.82, 2.24) is 10.5 Å². The van der Waals surface area contributed by atoms with E-state index in [4.69, 9.17) is 4.52 Å². The van der Waals surface area contributed by atoms with E-state index in [-0.39, 0.29) is 5.91 Å². The fourth-order valence-corrected chi connectivity index (χ4v) is 3.07. The summed E-state index contributed by atoms with van der Waals surface area (Å²) in [5.74, 6) is 0.0231. The lowest BCUT2D eigenvalue weighted by Crippen LogP contribution is -2.22. The molecule has 1 N–H and O–H groups in total. The summed E-state index contributed by atoms with van der Waals surface area (Å²) in [7, 11) is 0. The second-order valence-electron chi connectivity index (χ2n) is 6.18. The maximum absolute atomic E-state index is 12.2. The van der Waals surface area contributed by atoms with Crippen LogP contribution < -0.4 is 5.32 Å². The van der Waals surface area contributed by atoms with Crippen LogP contribution in [0.4, 0.5) is 0 Å². The first-order valence-corrected chi connectivity index (χ1v) is 9.78. The number of nitrogens with zero attached hydrogens (tertiary/aromatic N) is 1. The third-order valence-electron chi connectivity index (χ3n) is 4.24. The zero-order valence-corrected chi connectivity index (χ0v) is 15.8. The van der Waals surface area contributed by atoms with Gasteiger partial charge in [-0.25, -0.2) is 0 Å². The van der Waals surface area contributed by atoms with Crippen LogP contribution >= 0.6 is 11.8 Å². The Morgan fingerprint density at radius 1 is 1.12 bits per heavy atom. The fraction of sp³-hybridized carbons (Fsp3) is 0.238. The molecule has 4 nitrogen and oxygen atoms in total. The SMILES string of the molecule is CSc1ccc(CNC(=O)CCc2conc2-c2ccc(C)cc2)cc1. The number of aryl methyl sites for hydroxylation is 2. The Hall–Kier alpha value is -2.53. The number of hydrogen-bond acceptors (Lipinski definition) is 4. The van der Waals surface area contributed by atoms with Gasteiger partial charge in [-0.05, 0) is 37.3 Å². The smallest absolute Gasteiger partial charge is 0.220 e. The molecule has 0 aliphatic rings. The molecule has 3 aromatic rings. The van der Waals surface area contributed by atoms with Crippen LogP contribution in [0.2, 0.25) is 0 Å². The second kappa shape index (κ2) is 8.72. The van der Waals surface area contributed by atoms with Gasteiger partial charge in [-0.15, -0.1) is 11.8 Å². The first-order valence-electron chi connectivity index (χ1n) is 8.55. The average Bonchev–Trinajstić information content (AvgIpc) is 3.14. The molecule has 0 aliphatic carbocycles. The van der Waals surface area contributed by atoms with Gasteiger partial charge < -0.3 is 9.84 Å². The number of benzene rings is 2. The molecule has 0 spiro atoms. The lowest BCUT2D eigenvalue weighted by molar-refractivity contribution is -0.121. The molecule has 0 aliphatic heterocycles. The predicted octanol–water partition coefficient (Wildman–Crippen LogP) is 4.62. The van der Waals surface area contributed by atoms with Gasteiger partial charge in [0.2, 0.25) is 5.91 Å². The molecular weight excluding hydrogens is 344 g/mol. The van der Waals surface area contributed by atoms with Gasteiger partial charge in [0, 0.05) is 29.0 Å². The van der Waals surface area contributed by atoms with Crippen molar-refractivity contribution < 1.29 is 9.32 Å². The van der Waals surface area contributed by atoms with Crippen LogP contribution in [0, 0.1) is 6.92 Å². The Bertz CT molecular complexity index is 854. The summed E-state index contributed by atoms with van der Waals surface area (Å²) >= 11 is 1.71. The maximum atomic E-state index is 12.2. The summed E-state index contributed by atoms with van der Waals surface area (Å²) in [6, 6.07) is 16.4. The molecule has 1 aromatic heterocycles. The van der Waals surface area contributed by atoms with Gasteiger partial charge in [0.05, 0.1) is 0 Å². The van der Waals surface area contributed by atoms with Crippen molar-refractivity contribution in [3.05, 3.63) is 71.5 Å². The molecule has 5 heteroatoms. The van der Waals surface area contributed by atoms with E-state index < -0.39 is 0 Å². The molecule has 0 atom stereocenters. The van der Waals surface area contributed by atoms with Gasteiger partial charge in [-0.1, -0.05) is 47.1 Å². The molecule has 3 rings (SSSR count). The van der Waals surface area contributed by atoms with Gasteiger partial charge in [0.15, 0.2) is 0 Å². The average molecular weight is 366 g/mol. The highest BCUT2D eigenvalue weighted by atomic mass is 32.2. The Morgan fingerprint density at radius 2 is 1.85 bits per heavy atom. The van der Waals surface area contributed by atoms with Gasteiger partial charge >= 0.3 is 0 Å². The van der Waals surface area contributed by atoms with Crippen molar-refractivity contribution in [3.63, 3.8) is 0 Å². The Kier molecular flexibility index (Phi) is 6.12. The van der Waals surface area contributed by atoms with Crippen molar-refractivity contribution in [2.75, 3.05) is 6.26 Å². The van der Waals surface area contributed by atoms with Crippen molar-refractivity contribution in [3.8, 4) is 11.3 Å². The van der Waals surface area contributed by atoms with Crippen molar-refractivity contribution in [2.45, 2.75) is 31.2 Å². The number of carbonyl (C=O) groups is 1. The van der Waals surface area contributed by atoms with Crippen LogP contribution in [-0.2, 0) is 17.8 Å². The molecular formula is C21H22N2O2S. The molecule has 2 aromatic carbocycles. The number of nitrogens with one attached hydrogen (secondary N) is 1. The lowest BCUT2D eigenvalue weighted by atomic mass is 10.0. The summed E-state index contributed by atoms with van der Waals surface area (Å²) in [5.41, 5.74) is 5.07. The van der Waals surface area contributed by atoms with E-state index in [1.165, 1.54) is 10.5 Å². The van der Waals surface area contributed by atoms with Crippen molar-refractivity contribution in [1.29, 1.82) is 0 Å². The van der Waals surface area contributed by atoms with Crippen LogP contribution in [0.15, 0.2) is 64.2 Å². The summed E-state index contributed by atoms with van der Waals surface area (Å²) in [6.45, 7) is 2.59. The zero-order chi connectivity index (χ0) is 18.4. The first kappa shape index (κ1) is 18.3. The number of rotatable bonds is 7. The Morgan fingerprint density at radius 3 is 2.54 bits per heavy atom. The molecule has 0 saturated heterocycles. The van der Waals surface area contributed by atoms with Crippen LogP contribution in [-0.4, -0.2) is 17.3 Å². The van der Waals surface area contributed by atoms with Crippen LogP contribution in [0.3, 0.4) is 0 Å². The minimum Gasteiger partial charge on any atom is -0.364 e. The van der Waals surface area contributed by atoms with Gasteiger partial charge in [-0.2, -0.15) is 0 Å². The third kappa shape index (κ3) is 4.76. The van der Waals surface area contributed by atoms with Gasteiger partial charge in [0.1, 0.15) is 12.0 Å². The maximum Gasteiger partial charge on any atom is 0.220 e. The molecule has 0 fully saturated rings. The summed E-state index contributed by atoms with van der Waals surface area (Å²) in [5, 5.41) is 7.06. The summed E-state index contributed by atoms with van der Waals surface area (Å²) in [6.07, 6.45) is 4.68. The topological polar surface area (TPSA) is 55.1 Å². The highest BCUT2D eigenvalue weighted by Gasteiger charge is 2.12. The monoisotopic (exact) mass is 366 g/mol. The number of amides is 1. The molecule has 0 unspecified atom stereocenters. The van der Waals surface area contributed by atoms with Crippen LogP contribution in [0.25, 0.3) is 11.3 Å². The second-order valence-corrected chi connectivity index (χ2v) is 7.06. The first-order chi connectivity index (χ1) is 12.7. The Labute approximate surface area is 158 Å². The van der Waals surface area contributed by atoms with E-state index in [0.717, 1.165) is 22.4 Å². The van der Waals surface area contributed by atoms with E-state index in [0.29, 0.717) is 19.4 Å². The Balaban J connectivity index is 1.53. The van der Waals surface area contributed by atoms with Gasteiger partial charge in [-0.3, -0.25) is 4.79 Å². The standard InChI is InChI=1S/C21H22N2O2S/c1-15-3-7-17(8-4-15)21-18(14-25-23-21)9-12-20(24)22-13-16-5-10-19(26-2)11-6-16/h3-8,10-11,14H,9,12-13H2,1-2H3,(H,22,24). The molecule has 0 radical (unpaired) electrons. The minimum atomic E-state index is 0.0231. The minimum absolute atomic E-state index is 0.0231. The van der Waals surface area contributed by atoms with Gasteiger partial charge in [0.25, 0.3) is 0 Å². The van der Waals surface area contributed by atoms with Crippen molar-refractivity contribution in [2.24, 2.45) is 0 Å². The predicted molar refractivity (Wildman–Crippen MR) is 105 cm³/mol. The largest absolute Gasteiger partial charge is 0.364 e. The normalized spacial score (nSPS) is 10.7. The highest BCUT2D eigenvalue weighted by Crippen LogP contribution is 2.23. The molecule has 134 valence electrons. The van der Waals surface area contributed by atoms with E-state index in [9.17, 15) is 4.79 Å². The summed E-state index contributed by atoms with van der Waals surface area (Å²) < 4.78 is 5.13. The fourth-order valence-electron chi connectivity index (χ4n) is 2.66. The van der Waals surface area contributed by atoms with Crippen LogP contribution in [0.5, 0.6) is 0 Å². The molecule has 26 heavy (non-hydrogen) atoms. The zero-order valence-electron chi connectivity index (χ0n) is 15.0. The van der Waals surface area contributed by atoms with Crippen molar-refractivity contribution >= 4 is 17.7 Å². The number of aromatic nitrogens is 1. The molecule has 1 amide bonds. The summed E-state index contributed by atoms with van der Waals surface area (Å²) in [4.78, 5) is 13.4. The van der Waals surface area contributed by atoms with Crippen LogP contribution in [0.1, 0.15) is 23.1 Å². The third-order valence-corrected chi connectivity index (χ3v) is 4.98. The van der Waals surface area contributed by atoms with E-state index in [1.807, 2.05) is 49.6 Å². The van der Waals surface area contributed by atoms with E-state index >= 15 is 0 Å².